The third kappa shape index (κ3) is 3.20. The fourth-order valence-electron chi connectivity index (χ4n) is 1.79. The Balaban J connectivity index is 1.98. The van der Waals surface area contributed by atoms with E-state index >= 15 is 0 Å². The first kappa shape index (κ1) is 12.9. The van der Waals surface area contributed by atoms with Crippen molar-refractivity contribution in [3.05, 3.63) is 11.7 Å². The van der Waals surface area contributed by atoms with E-state index in [2.05, 4.69) is 16.4 Å². The van der Waals surface area contributed by atoms with Gasteiger partial charge in [-0.2, -0.15) is 16.7 Å². The molecule has 0 radical (unpaired) electrons. The molecule has 5 nitrogen and oxygen atoms in total. The summed E-state index contributed by atoms with van der Waals surface area (Å²) in [6.07, 6.45) is 5.24. The van der Waals surface area contributed by atoms with E-state index in [0.717, 1.165) is 12.2 Å². The van der Waals surface area contributed by atoms with Crippen LogP contribution in [0.5, 0.6) is 0 Å². The molecule has 1 unspecified atom stereocenters. The minimum atomic E-state index is -0.166. The highest BCUT2D eigenvalue weighted by Crippen LogP contribution is 2.42. The molecule has 1 aliphatic carbocycles. The molecule has 6 heteroatoms. The Hall–Kier alpha value is -0.590. The first-order valence-corrected chi connectivity index (χ1v) is 7.26. The van der Waals surface area contributed by atoms with Crippen LogP contribution in [0.1, 0.15) is 43.1 Å². The van der Waals surface area contributed by atoms with Crippen molar-refractivity contribution in [3.63, 3.8) is 0 Å². The lowest BCUT2D eigenvalue weighted by molar-refractivity contribution is 0.0751. The summed E-state index contributed by atoms with van der Waals surface area (Å²) < 4.78 is 10.6. The van der Waals surface area contributed by atoms with Crippen molar-refractivity contribution in [3.8, 4) is 0 Å². The Labute approximate surface area is 105 Å². The average Bonchev–Trinajstić information content (AvgIpc) is 3.04. The second kappa shape index (κ2) is 5.84. The van der Waals surface area contributed by atoms with Crippen LogP contribution in [0.15, 0.2) is 4.52 Å². The quantitative estimate of drug-likeness (QED) is 0.804. The molecule has 1 saturated carbocycles. The molecular formula is C11H19N3O2S. The zero-order chi connectivity index (χ0) is 12.3. The number of nitrogens with zero attached hydrogens (tertiary/aromatic N) is 2. The predicted octanol–water partition coefficient (Wildman–Crippen LogP) is 1.92. The van der Waals surface area contributed by atoms with Crippen molar-refractivity contribution in [1.29, 1.82) is 0 Å². The Bertz CT molecular complexity index is 354. The number of rotatable bonds is 7. The molecule has 1 heterocycles. The number of methoxy groups -OCH3 is 1. The molecule has 0 saturated heterocycles. The lowest BCUT2D eigenvalue weighted by Gasteiger charge is -2.08. The summed E-state index contributed by atoms with van der Waals surface area (Å²) in [6, 6.07) is -0.166. The van der Waals surface area contributed by atoms with Gasteiger partial charge in [-0.15, -0.1) is 0 Å². The summed E-state index contributed by atoms with van der Waals surface area (Å²) in [5.41, 5.74) is 5.98. The number of thioether (sulfide) groups is 1. The summed E-state index contributed by atoms with van der Waals surface area (Å²) in [5.74, 6) is 2.71. The highest BCUT2D eigenvalue weighted by Gasteiger charge is 2.35. The topological polar surface area (TPSA) is 74.2 Å². The van der Waals surface area contributed by atoms with Crippen LogP contribution in [0.3, 0.4) is 0 Å². The van der Waals surface area contributed by atoms with Gasteiger partial charge in [0.15, 0.2) is 0 Å². The minimum absolute atomic E-state index is 0.0275. The van der Waals surface area contributed by atoms with Crippen molar-refractivity contribution < 1.29 is 9.26 Å². The van der Waals surface area contributed by atoms with Gasteiger partial charge in [0.1, 0.15) is 6.10 Å². The summed E-state index contributed by atoms with van der Waals surface area (Å²) in [4.78, 5) is 4.36. The van der Waals surface area contributed by atoms with Crippen LogP contribution >= 0.6 is 11.8 Å². The van der Waals surface area contributed by atoms with Crippen LogP contribution in [0.4, 0.5) is 0 Å². The van der Waals surface area contributed by atoms with Crippen LogP contribution in [0, 0.1) is 5.92 Å². The highest BCUT2D eigenvalue weighted by atomic mass is 32.2. The van der Waals surface area contributed by atoms with Gasteiger partial charge in [-0.3, -0.25) is 0 Å². The number of ether oxygens (including phenoxy) is 1. The van der Waals surface area contributed by atoms with Crippen molar-refractivity contribution >= 4 is 11.8 Å². The molecule has 2 N–H and O–H groups in total. The SMILES string of the molecule is COC(c1noc([C@H](N)CCSC)n1)C1CC1. The zero-order valence-electron chi connectivity index (χ0n) is 10.3. The molecule has 2 rings (SSSR count). The maximum atomic E-state index is 5.98. The molecule has 0 spiro atoms. The Kier molecular flexibility index (Phi) is 4.42. The lowest BCUT2D eigenvalue weighted by atomic mass is 10.2. The monoisotopic (exact) mass is 257 g/mol. The molecule has 0 bridgehead atoms. The zero-order valence-corrected chi connectivity index (χ0v) is 11.1. The number of hydrogen-bond acceptors (Lipinski definition) is 6. The van der Waals surface area contributed by atoms with Gasteiger partial charge in [-0.25, -0.2) is 0 Å². The average molecular weight is 257 g/mol. The third-order valence-corrected chi connectivity index (χ3v) is 3.61. The smallest absolute Gasteiger partial charge is 0.243 e. The van der Waals surface area contributed by atoms with E-state index in [1.807, 2.05) is 0 Å². The number of hydrogen-bond donors (Lipinski definition) is 1. The molecule has 1 aromatic heterocycles. The molecule has 17 heavy (non-hydrogen) atoms. The standard InChI is InChI=1S/C11H19N3O2S/c1-15-9(7-3-4-7)10-13-11(16-14-10)8(12)5-6-17-2/h7-9H,3-6,12H2,1-2H3/t8-,9?/m1/s1. The van der Waals surface area contributed by atoms with Gasteiger partial charge >= 0.3 is 0 Å². The van der Waals surface area contributed by atoms with E-state index < -0.39 is 0 Å². The number of nitrogens with two attached hydrogens (primary N) is 1. The summed E-state index contributed by atoms with van der Waals surface area (Å²) in [7, 11) is 1.69. The van der Waals surface area contributed by atoms with Crippen molar-refractivity contribution in [2.75, 3.05) is 19.1 Å². The highest BCUT2D eigenvalue weighted by molar-refractivity contribution is 7.98. The fraction of sp³-hybridized carbons (Fsp3) is 0.818. The van der Waals surface area contributed by atoms with Crippen molar-refractivity contribution in [1.82, 2.24) is 10.1 Å². The van der Waals surface area contributed by atoms with Crippen LogP contribution < -0.4 is 5.73 Å². The van der Waals surface area contributed by atoms with Gasteiger partial charge in [0.2, 0.25) is 11.7 Å². The maximum Gasteiger partial charge on any atom is 0.243 e. The van der Waals surface area contributed by atoms with E-state index in [1.54, 1.807) is 18.9 Å². The Morgan fingerprint density at radius 3 is 2.94 bits per heavy atom. The van der Waals surface area contributed by atoms with E-state index in [0.29, 0.717) is 17.6 Å². The molecule has 0 aromatic carbocycles. The van der Waals surface area contributed by atoms with Gasteiger partial charge in [0.05, 0.1) is 6.04 Å². The fourth-order valence-corrected chi connectivity index (χ4v) is 2.28. The summed E-state index contributed by atoms with van der Waals surface area (Å²) in [5, 5.41) is 3.98. The van der Waals surface area contributed by atoms with Crippen LogP contribution in [-0.4, -0.2) is 29.3 Å². The van der Waals surface area contributed by atoms with E-state index in [-0.39, 0.29) is 12.1 Å². The van der Waals surface area contributed by atoms with Crippen LogP contribution in [0.2, 0.25) is 0 Å². The summed E-state index contributed by atoms with van der Waals surface area (Å²) >= 11 is 1.76. The third-order valence-electron chi connectivity index (χ3n) is 2.97. The van der Waals surface area contributed by atoms with Gasteiger partial charge in [-0.05, 0) is 37.2 Å². The first-order chi connectivity index (χ1) is 8.26. The Morgan fingerprint density at radius 1 is 1.59 bits per heavy atom. The molecule has 1 aliphatic rings. The second-order valence-corrected chi connectivity index (χ2v) is 5.36. The van der Waals surface area contributed by atoms with Crippen molar-refractivity contribution in [2.45, 2.75) is 31.4 Å². The lowest BCUT2D eigenvalue weighted by Crippen LogP contribution is -2.12. The van der Waals surface area contributed by atoms with Gasteiger partial charge in [-0.1, -0.05) is 5.16 Å². The molecule has 0 amide bonds. The first-order valence-electron chi connectivity index (χ1n) is 5.87. The molecule has 1 fully saturated rings. The predicted molar refractivity (Wildman–Crippen MR) is 66.7 cm³/mol. The van der Waals surface area contributed by atoms with Gasteiger partial charge < -0.3 is 15.0 Å². The van der Waals surface area contributed by atoms with Gasteiger partial charge in [0, 0.05) is 7.11 Å². The summed E-state index contributed by atoms with van der Waals surface area (Å²) in [6.45, 7) is 0. The van der Waals surface area contributed by atoms with Crippen LogP contribution in [-0.2, 0) is 4.74 Å². The normalized spacial score (nSPS) is 19.2. The molecule has 0 aliphatic heterocycles. The minimum Gasteiger partial charge on any atom is -0.373 e. The molecule has 2 atom stereocenters. The van der Waals surface area contributed by atoms with E-state index in [4.69, 9.17) is 15.0 Å². The largest absolute Gasteiger partial charge is 0.373 e. The van der Waals surface area contributed by atoms with Gasteiger partial charge in [0.25, 0.3) is 0 Å². The second-order valence-electron chi connectivity index (χ2n) is 4.37. The molecular weight excluding hydrogens is 238 g/mol. The van der Waals surface area contributed by atoms with Crippen molar-refractivity contribution in [2.24, 2.45) is 11.7 Å². The van der Waals surface area contributed by atoms with Crippen LogP contribution in [0.25, 0.3) is 0 Å². The molecule has 96 valence electrons. The molecule has 1 aromatic rings. The maximum absolute atomic E-state index is 5.98. The number of aromatic nitrogens is 2. The Morgan fingerprint density at radius 2 is 2.35 bits per heavy atom. The van der Waals surface area contributed by atoms with E-state index in [1.165, 1.54) is 12.8 Å². The van der Waals surface area contributed by atoms with E-state index in [9.17, 15) is 0 Å².